The number of aliphatic carboxylic acids is 1. The number of nitrogens with zero attached hydrogens (tertiary/aromatic N) is 1. The number of carbonyl (C=O) groups excluding carboxylic acids is 1. The Labute approximate surface area is 126 Å². The zero-order valence-electron chi connectivity index (χ0n) is 11.4. The molecule has 0 saturated carbocycles. The third kappa shape index (κ3) is 2.27. The third-order valence-electron chi connectivity index (χ3n) is 3.86. The summed E-state index contributed by atoms with van der Waals surface area (Å²) in [5.41, 5.74) is 1.94. The van der Waals surface area contributed by atoms with Crippen molar-refractivity contribution in [2.24, 2.45) is 0 Å². The molecule has 6 heteroatoms. The van der Waals surface area contributed by atoms with Crippen LogP contribution in [0.5, 0.6) is 0 Å². The summed E-state index contributed by atoms with van der Waals surface area (Å²) in [6.07, 6.45) is 2.64. The number of carbonyl (C=O) groups is 2. The third-order valence-corrected chi connectivity index (χ3v) is 4.05. The summed E-state index contributed by atoms with van der Waals surface area (Å²) in [5, 5.41) is 9.68. The molecule has 3 heterocycles. The fourth-order valence-corrected chi connectivity index (χ4v) is 3.09. The molecule has 1 atom stereocenters. The van der Waals surface area contributed by atoms with Crippen molar-refractivity contribution in [1.29, 1.82) is 0 Å². The van der Waals surface area contributed by atoms with Crippen LogP contribution in [-0.2, 0) is 11.3 Å². The smallest absolute Gasteiger partial charge is 0.312 e. The van der Waals surface area contributed by atoms with Gasteiger partial charge >= 0.3 is 5.97 Å². The molecular formula is C15H14ClNO4. The largest absolute Gasteiger partial charge is 0.481 e. The van der Waals surface area contributed by atoms with Gasteiger partial charge in [0.15, 0.2) is 5.76 Å². The van der Waals surface area contributed by atoms with Crippen LogP contribution in [-0.4, -0.2) is 21.4 Å². The highest BCUT2D eigenvalue weighted by atomic mass is 35.5. The van der Waals surface area contributed by atoms with Crippen LogP contribution in [0.25, 0.3) is 0 Å². The van der Waals surface area contributed by atoms with E-state index in [1.807, 2.05) is 6.92 Å². The predicted octanol–water partition coefficient (Wildman–Crippen LogP) is 3.24. The molecule has 0 aromatic carbocycles. The number of ketones is 1. The second-order valence-corrected chi connectivity index (χ2v) is 5.68. The van der Waals surface area contributed by atoms with Crippen LogP contribution < -0.4 is 0 Å². The minimum Gasteiger partial charge on any atom is -0.481 e. The van der Waals surface area contributed by atoms with Gasteiger partial charge in [-0.05, 0) is 31.4 Å². The number of carboxylic acids is 1. The lowest BCUT2D eigenvalue weighted by Crippen LogP contribution is -2.23. The van der Waals surface area contributed by atoms with Gasteiger partial charge in [0.2, 0.25) is 5.78 Å². The molecule has 1 aliphatic heterocycles. The standard InChI is InChI=1S/C15H14ClNO4/c1-8-5-11-10(15(19)20)3-2-4-17(11)13(8)14(18)12-6-9(16)7-21-12/h5-7,10H,2-4H2,1H3,(H,19,20). The van der Waals surface area contributed by atoms with E-state index in [2.05, 4.69) is 0 Å². The van der Waals surface area contributed by atoms with E-state index in [0.29, 0.717) is 29.4 Å². The van der Waals surface area contributed by atoms with Gasteiger partial charge in [0.25, 0.3) is 0 Å². The van der Waals surface area contributed by atoms with Gasteiger partial charge in [0.1, 0.15) is 6.26 Å². The zero-order valence-corrected chi connectivity index (χ0v) is 12.2. The molecule has 0 saturated heterocycles. The van der Waals surface area contributed by atoms with Crippen molar-refractivity contribution < 1.29 is 19.1 Å². The van der Waals surface area contributed by atoms with Crippen LogP contribution in [0, 0.1) is 6.92 Å². The monoisotopic (exact) mass is 307 g/mol. The summed E-state index contributed by atoms with van der Waals surface area (Å²) in [6, 6.07) is 3.26. The molecule has 2 aromatic heterocycles. The highest BCUT2D eigenvalue weighted by Gasteiger charge is 2.31. The molecule has 5 nitrogen and oxygen atoms in total. The number of furan rings is 1. The molecule has 0 fully saturated rings. The normalized spacial score (nSPS) is 17.5. The van der Waals surface area contributed by atoms with Crippen molar-refractivity contribution in [3.8, 4) is 0 Å². The molecule has 3 rings (SSSR count). The van der Waals surface area contributed by atoms with E-state index in [0.717, 1.165) is 12.0 Å². The summed E-state index contributed by atoms with van der Waals surface area (Å²) >= 11 is 5.78. The van der Waals surface area contributed by atoms with E-state index in [-0.39, 0.29) is 11.5 Å². The number of rotatable bonds is 3. The van der Waals surface area contributed by atoms with Crippen molar-refractivity contribution in [2.45, 2.75) is 32.2 Å². The van der Waals surface area contributed by atoms with Crippen LogP contribution in [0.1, 0.15) is 46.3 Å². The summed E-state index contributed by atoms with van der Waals surface area (Å²) in [5.74, 6) is -1.51. The van der Waals surface area contributed by atoms with Gasteiger partial charge in [0.05, 0.1) is 16.6 Å². The first kappa shape index (κ1) is 13.9. The molecule has 1 aliphatic rings. The summed E-state index contributed by atoms with van der Waals surface area (Å²) in [6.45, 7) is 2.45. The minimum atomic E-state index is -0.853. The number of aryl methyl sites for hydroxylation is 1. The number of hydrogen-bond acceptors (Lipinski definition) is 3. The maximum absolute atomic E-state index is 12.6. The van der Waals surface area contributed by atoms with Crippen molar-refractivity contribution in [3.05, 3.63) is 46.1 Å². The van der Waals surface area contributed by atoms with Gasteiger partial charge < -0.3 is 14.1 Å². The predicted molar refractivity (Wildman–Crippen MR) is 75.9 cm³/mol. The number of aromatic nitrogens is 1. The highest BCUT2D eigenvalue weighted by molar-refractivity contribution is 6.31. The topological polar surface area (TPSA) is 72.4 Å². The van der Waals surface area contributed by atoms with Crippen LogP contribution in [0.4, 0.5) is 0 Å². The van der Waals surface area contributed by atoms with E-state index >= 15 is 0 Å². The van der Waals surface area contributed by atoms with Crippen molar-refractivity contribution in [1.82, 2.24) is 4.57 Å². The Kier molecular flexibility index (Phi) is 3.37. The van der Waals surface area contributed by atoms with Crippen LogP contribution in [0.15, 0.2) is 22.8 Å². The SMILES string of the molecule is Cc1cc2n(c1C(=O)c1cc(Cl)co1)CCCC2C(=O)O. The lowest BCUT2D eigenvalue weighted by atomic mass is 9.96. The number of halogens is 1. The van der Waals surface area contributed by atoms with E-state index in [1.165, 1.54) is 12.3 Å². The Morgan fingerprint density at radius 2 is 2.19 bits per heavy atom. The molecular weight excluding hydrogens is 294 g/mol. The lowest BCUT2D eigenvalue weighted by Gasteiger charge is -2.23. The molecule has 2 aromatic rings. The van der Waals surface area contributed by atoms with E-state index in [4.69, 9.17) is 16.0 Å². The summed E-state index contributed by atoms with van der Waals surface area (Å²) < 4.78 is 6.96. The minimum absolute atomic E-state index is 0.168. The van der Waals surface area contributed by atoms with Gasteiger partial charge in [-0.3, -0.25) is 9.59 Å². The Morgan fingerprint density at radius 3 is 2.81 bits per heavy atom. The first-order chi connectivity index (χ1) is 9.99. The second-order valence-electron chi connectivity index (χ2n) is 5.24. The van der Waals surface area contributed by atoms with Gasteiger partial charge in [-0.25, -0.2) is 0 Å². The summed E-state index contributed by atoms with van der Waals surface area (Å²) in [7, 11) is 0. The first-order valence-corrected chi connectivity index (χ1v) is 7.08. The van der Waals surface area contributed by atoms with Gasteiger partial charge in [-0.2, -0.15) is 0 Å². The molecule has 21 heavy (non-hydrogen) atoms. The fraction of sp³-hybridized carbons (Fsp3) is 0.333. The van der Waals surface area contributed by atoms with Crippen molar-refractivity contribution >= 4 is 23.4 Å². The Balaban J connectivity index is 2.08. The van der Waals surface area contributed by atoms with Crippen molar-refractivity contribution in [3.63, 3.8) is 0 Å². The Morgan fingerprint density at radius 1 is 1.43 bits per heavy atom. The molecule has 110 valence electrons. The maximum Gasteiger partial charge on any atom is 0.312 e. The lowest BCUT2D eigenvalue weighted by molar-refractivity contribution is -0.139. The number of fused-ring (bicyclic) bond motifs is 1. The van der Waals surface area contributed by atoms with Crippen molar-refractivity contribution in [2.75, 3.05) is 0 Å². The van der Waals surface area contributed by atoms with E-state index in [1.54, 1.807) is 10.6 Å². The quantitative estimate of drug-likeness (QED) is 0.884. The van der Waals surface area contributed by atoms with Gasteiger partial charge in [-0.1, -0.05) is 11.6 Å². The number of hydrogen-bond donors (Lipinski definition) is 1. The maximum atomic E-state index is 12.6. The average molecular weight is 308 g/mol. The second kappa shape index (κ2) is 5.07. The Bertz CT molecular complexity index is 728. The highest BCUT2D eigenvalue weighted by Crippen LogP contribution is 2.33. The van der Waals surface area contributed by atoms with Gasteiger partial charge in [0, 0.05) is 18.3 Å². The molecule has 0 bridgehead atoms. The van der Waals surface area contributed by atoms with E-state index < -0.39 is 11.9 Å². The first-order valence-electron chi connectivity index (χ1n) is 6.70. The van der Waals surface area contributed by atoms with Crippen LogP contribution >= 0.6 is 11.6 Å². The molecule has 0 amide bonds. The average Bonchev–Trinajstić information content (AvgIpc) is 3.00. The van der Waals surface area contributed by atoms with Gasteiger partial charge in [-0.15, -0.1) is 0 Å². The fourth-order valence-electron chi connectivity index (χ4n) is 2.94. The number of carboxylic acid groups (broad SMARTS) is 1. The van der Waals surface area contributed by atoms with E-state index in [9.17, 15) is 14.7 Å². The van der Waals surface area contributed by atoms with Crippen LogP contribution in [0.2, 0.25) is 5.02 Å². The van der Waals surface area contributed by atoms with Crippen LogP contribution in [0.3, 0.4) is 0 Å². The molecule has 1 N–H and O–H groups in total. The zero-order chi connectivity index (χ0) is 15.1. The molecule has 1 unspecified atom stereocenters. The summed E-state index contributed by atoms with van der Waals surface area (Å²) in [4.78, 5) is 23.9. The Hall–Kier alpha value is -2.01. The molecule has 0 spiro atoms. The molecule has 0 radical (unpaired) electrons. The molecule has 0 aliphatic carbocycles.